The number of anilines is 1. The number of amides is 2. The van der Waals surface area contributed by atoms with Gasteiger partial charge in [-0.15, -0.1) is 0 Å². The van der Waals surface area contributed by atoms with E-state index in [1.807, 2.05) is 12.1 Å². The van der Waals surface area contributed by atoms with Crippen LogP contribution < -0.4 is 15.4 Å². The van der Waals surface area contributed by atoms with Gasteiger partial charge in [0.25, 0.3) is 5.91 Å². The van der Waals surface area contributed by atoms with Crippen LogP contribution in [0.2, 0.25) is 0 Å². The van der Waals surface area contributed by atoms with Crippen molar-refractivity contribution >= 4 is 17.5 Å². The van der Waals surface area contributed by atoms with Crippen LogP contribution in [0.1, 0.15) is 27.9 Å². The van der Waals surface area contributed by atoms with Gasteiger partial charge in [0.15, 0.2) is 6.61 Å². The standard InChI is InChI=1S/C19H17N3O3/c20-11-13-6-8-14(9-7-13)25-12-18(23)22-10-2-4-15-16(19(21)24)3-1-5-17(15)22/h1,3,5-9H,2,4,10,12H2,(H2,21,24). The largest absolute Gasteiger partial charge is 0.484 e. The summed E-state index contributed by atoms with van der Waals surface area (Å²) in [7, 11) is 0. The second kappa shape index (κ2) is 7.05. The molecule has 6 nitrogen and oxygen atoms in total. The van der Waals surface area contributed by atoms with Crippen LogP contribution in [-0.4, -0.2) is 25.0 Å². The molecular formula is C19H17N3O3. The van der Waals surface area contributed by atoms with Gasteiger partial charge < -0.3 is 15.4 Å². The molecule has 0 fully saturated rings. The molecule has 2 amide bonds. The molecule has 0 unspecified atom stereocenters. The van der Waals surface area contributed by atoms with E-state index in [1.54, 1.807) is 41.3 Å². The van der Waals surface area contributed by atoms with Crippen LogP contribution in [-0.2, 0) is 11.2 Å². The van der Waals surface area contributed by atoms with E-state index >= 15 is 0 Å². The quantitative estimate of drug-likeness (QED) is 0.924. The van der Waals surface area contributed by atoms with E-state index in [0.29, 0.717) is 29.8 Å². The number of hydrogen-bond donors (Lipinski definition) is 1. The first kappa shape index (κ1) is 16.5. The van der Waals surface area contributed by atoms with E-state index in [9.17, 15) is 9.59 Å². The summed E-state index contributed by atoms with van der Waals surface area (Å²) in [6, 6.07) is 13.8. The Bertz CT molecular complexity index is 853. The maximum Gasteiger partial charge on any atom is 0.264 e. The minimum atomic E-state index is -0.486. The Hall–Kier alpha value is -3.33. The van der Waals surface area contributed by atoms with E-state index in [4.69, 9.17) is 15.7 Å². The van der Waals surface area contributed by atoms with Crippen molar-refractivity contribution in [2.75, 3.05) is 18.1 Å². The molecule has 2 aromatic rings. The molecule has 1 heterocycles. The number of ether oxygens (including phenoxy) is 1. The highest BCUT2D eigenvalue weighted by Gasteiger charge is 2.25. The fraction of sp³-hybridized carbons (Fsp3) is 0.211. The molecule has 3 rings (SSSR count). The van der Waals surface area contributed by atoms with Crippen molar-refractivity contribution in [3.05, 3.63) is 59.2 Å². The zero-order valence-corrected chi connectivity index (χ0v) is 13.6. The lowest BCUT2D eigenvalue weighted by Crippen LogP contribution is -2.39. The summed E-state index contributed by atoms with van der Waals surface area (Å²) in [4.78, 5) is 25.8. The number of hydrogen-bond acceptors (Lipinski definition) is 4. The van der Waals surface area contributed by atoms with Crippen LogP contribution in [0.15, 0.2) is 42.5 Å². The van der Waals surface area contributed by atoms with Crippen molar-refractivity contribution in [1.82, 2.24) is 0 Å². The van der Waals surface area contributed by atoms with Crippen molar-refractivity contribution < 1.29 is 14.3 Å². The maximum atomic E-state index is 12.6. The fourth-order valence-electron chi connectivity index (χ4n) is 2.96. The lowest BCUT2D eigenvalue weighted by Gasteiger charge is -2.30. The minimum Gasteiger partial charge on any atom is -0.484 e. The summed E-state index contributed by atoms with van der Waals surface area (Å²) in [6.07, 6.45) is 1.48. The first-order valence-electron chi connectivity index (χ1n) is 7.95. The zero-order chi connectivity index (χ0) is 17.8. The molecule has 0 saturated carbocycles. The van der Waals surface area contributed by atoms with E-state index in [1.165, 1.54) is 0 Å². The number of fused-ring (bicyclic) bond motifs is 1. The van der Waals surface area contributed by atoms with Gasteiger partial charge in [-0.2, -0.15) is 5.26 Å². The molecule has 0 aromatic heterocycles. The van der Waals surface area contributed by atoms with Gasteiger partial charge in [-0.25, -0.2) is 0 Å². The Morgan fingerprint density at radius 1 is 1.20 bits per heavy atom. The average Bonchev–Trinajstić information content (AvgIpc) is 2.65. The highest BCUT2D eigenvalue weighted by molar-refractivity contribution is 6.00. The van der Waals surface area contributed by atoms with Gasteiger partial charge in [0.05, 0.1) is 11.6 Å². The second-order valence-electron chi connectivity index (χ2n) is 5.74. The number of primary amides is 1. The third-order valence-corrected chi connectivity index (χ3v) is 4.16. The molecule has 0 aliphatic carbocycles. The Labute approximate surface area is 145 Å². The normalized spacial score (nSPS) is 12.8. The number of carbonyl (C=O) groups is 2. The summed E-state index contributed by atoms with van der Waals surface area (Å²) in [5.41, 5.74) is 7.95. The average molecular weight is 335 g/mol. The number of carbonyl (C=O) groups excluding carboxylic acids is 2. The van der Waals surface area contributed by atoms with Crippen molar-refractivity contribution in [3.8, 4) is 11.8 Å². The van der Waals surface area contributed by atoms with Crippen molar-refractivity contribution in [2.24, 2.45) is 5.73 Å². The highest BCUT2D eigenvalue weighted by atomic mass is 16.5. The summed E-state index contributed by atoms with van der Waals surface area (Å²) in [5.74, 6) is -0.151. The first-order valence-corrected chi connectivity index (χ1v) is 7.95. The van der Waals surface area contributed by atoms with Gasteiger partial charge in [-0.3, -0.25) is 9.59 Å². The van der Waals surface area contributed by atoms with Crippen LogP contribution >= 0.6 is 0 Å². The van der Waals surface area contributed by atoms with Gasteiger partial charge in [0, 0.05) is 17.8 Å². The van der Waals surface area contributed by atoms with Crippen LogP contribution in [0, 0.1) is 11.3 Å². The fourth-order valence-corrected chi connectivity index (χ4v) is 2.96. The molecule has 0 bridgehead atoms. The van der Waals surface area contributed by atoms with Crippen LogP contribution in [0.25, 0.3) is 0 Å². The molecule has 1 aliphatic rings. The maximum absolute atomic E-state index is 12.6. The smallest absolute Gasteiger partial charge is 0.264 e. The third-order valence-electron chi connectivity index (χ3n) is 4.16. The molecule has 126 valence electrons. The molecule has 0 saturated heterocycles. The van der Waals surface area contributed by atoms with Crippen molar-refractivity contribution in [1.29, 1.82) is 5.26 Å². The molecule has 0 spiro atoms. The first-order chi connectivity index (χ1) is 12.1. The Balaban J connectivity index is 1.74. The summed E-state index contributed by atoms with van der Waals surface area (Å²) < 4.78 is 5.52. The van der Waals surface area contributed by atoms with Gasteiger partial charge in [-0.05, 0) is 54.8 Å². The van der Waals surface area contributed by atoms with Crippen LogP contribution in [0.3, 0.4) is 0 Å². The van der Waals surface area contributed by atoms with Crippen molar-refractivity contribution in [2.45, 2.75) is 12.8 Å². The Kier molecular flexibility index (Phi) is 4.66. The second-order valence-corrected chi connectivity index (χ2v) is 5.74. The third kappa shape index (κ3) is 3.45. The zero-order valence-electron chi connectivity index (χ0n) is 13.6. The Morgan fingerprint density at radius 2 is 1.96 bits per heavy atom. The molecule has 6 heteroatoms. The van der Waals surface area contributed by atoms with E-state index in [-0.39, 0.29) is 12.5 Å². The molecule has 25 heavy (non-hydrogen) atoms. The van der Waals surface area contributed by atoms with Crippen LogP contribution in [0.4, 0.5) is 5.69 Å². The molecule has 0 radical (unpaired) electrons. The van der Waals surface area contributed by atoms with Gasteiger partial charge in [0.1, 0.15) is 5.75 Å². The van der Waals surface area contributed by atoms with Crippen molar-refractivity contribution in [3.63, 3.8) is 0 Å². The lowest BCUT2D eigenvalue weighted by molar-refractivity contribution is -0.120. The summed E-state index contributed by atoms with van der Waals surface area (Å²) >= 11 is 0. The topological polar surface area (TPSA) is 96.4 Å². The van der Waals surface area contributed by atoms with E-state index in [2.05, 4.69) is 0 Å². The molecule has 2 aromatic carbocycles. The Morgan fingerprint density at radius 3 is 2.64 bits per heavy atom. The number of nitrogens with two attached hydrogens (primary N) is 1. The summed E-state index contributed by atoms with van der Waals surface area (Å²) in [6.45, 7) is 0.455. The minimum absolute atomic E-state index is 0.119. The monoisotopic (exact) mass is 335 g/mol. The highest BCUT2D eigenvalue weighted by Crippen LogP contribution is 2.30. The lowest BCUT2D eigenvalue weighted by atomic mass is 9.96. The van der Waals surface area contributed by atoms with Gasteiger partial charge in [0.2, 0.25) is 5.91 Å². The summed E-state index contributed by atoms with van der Waals surface area (Å²) in [5, 5.41) is 8.79. The molecule has 0 atom stereocenters. The number of nitrogens with zero attached hydrogens (tertiary/aromatic N) is 2. The molecule has 1 aliphatic heterocycles. The van der Waals surface area contributed by atoms with E-state index in [0.717, 1.165) is 17.7 Å². The number of rotatable bonds is 4. The van der Waals surface area contributed by atoms with E-state index < -0.39 is 5.91 Å². The SMILES string of the molecule is N#Cc1ccc(OCC(=O)N2CCCc3c(C(N)=O)cccc32)cc1. The number of benzene rings is 2. The number of nitriles is 1. The molecule has 2 N–H and O–H groups in total. The molecular weight excluding hydrogens is 318 g/mol. The predicted molar refractivity (Wildman–Crippen MR) is 92.3 cm³/mol. The van der Waals surface area contributed by atoms with Gasteiger partial charge >= 0.3 is 0 Å². The van der Waals surface area contributed by atoms with Gasteiger partial charge in [-0.1, -0.05) is 6.07 Å². The van der Waals surface area contributed by atoms with Crippen LogP contribution in [0.5, 0.6) is 5.75 Å². The predicted octanol–water partition coefficient (Wildman–Crippen LogP) is 2.02.